The van der Waals surface area contributed by atoms with Gasteiger partial charge in [0.15, 0.2) is 0 Å². The Morgan fingerprint density at radius 3 is 2.12 bits per heavy atom. The topological polar surface area (TPSA) is 66.4 Å². The van der Waals surface area contributed by atoms with Gasteiger partial charge in [0.2, 0.25) is 5.91 Å². The molecule has 1 amide bonds. The lowest BCUT2D eigenvalue weighted by Crippen LogP contribution is -2.41. The summed E-state index contributed by atoms with van der Waals surface area (Å²) in [6.07, 6.45) is 0.877. The first-order valence-corrected chi connectivity index (χ1v) is 5.73. The van der Waals surface area contributed by atoms with E-state index >= 15 is 0 Å². The van der Waals surface area contributed by atoms with E-state index in [2.05, 4.69) is 5.32 Å². The van der Waals surface area contributed by atoms with Crippen LogP contribution in [0.2, 0.25) is 0 Å². The molecule has 0 bridgehead atoms. The Morgan fingerprint density at radius 2 is 1.81 bits per heavy atom. The lowest BCUT2D eigenvalue weighted by atomic mass is 9.89. The van der Waals surface area contributed by atoms with E-state index in [0.717, 1.165) is 6.42 Å². The second-order valence-electron chi connectivity index (χ2n) is 5.19. The average Bonchev–Trinajstić information content (AvgIpc) is 2.12. The van der Waals surface area contributed by atoms with Crippen molar-refractivity contribution in [2.75, 3.05) is 0 Å². The van der Waals surface area contributed by atoms with Crippen LogP contribution in [0.3, 0.4) is 0 Å². The monoisotopic (exact) mass is 229 g/mol. The predicted octanol–water partition coefficient (Wildman–Crippen LogP) is 2.04. The lowest BCUT2D eigenvalue weighted by Gasteiger charge is -2.24. The van der Waals surface area contributed by atoms with E-state index in [1.54, 1.807) is 13.8 Å². The van der Waals surface area contributed by atoms with Gasteiger partial charge < -0.3 is 10.4 Å². The molecule has 0 aliphatic heterocycles. The molecular weight excluding hydrogens is 206 g/mol. The van der Waals surface area contributed by atoms with Crippen LogP contribution in [0.25, 0.3) is 0 Å². The first-order valence-electron chi connectivity index (χ1n) is 5.73. The van der Waals surface area contributed by atoms with Crippen molar-refractivity contribution in [3.8, 4) is 0 Å². The minimum atomic E-state index is -1.00. The average molecular weight is 229 g/mol. The molecule has 0 radical (unpaired) electrons. The Kier molecular flexibility index (Phi) is 5.48. The summed E-state index contributed by atoms with van der Waals surface area (Å²) in [6.45, 7) is 9.21. The van der Waals surface area contributed by atoms with E-state index in [0.29, 0.717) is 5.92 Å². The Bertz CT molecular complexity index is 259. The van der Waals surface area contributed by atoms with E-state index in [1.165, 1.54) is 0 Å². The van der Waals surface area contributed by atoms with E-state index < -0.39 is 11.4 Å². The van der Waals surface area contributed by atoms with Crippen LogP contribution < -0.4 is 5.32 Å². The zero-order chi connectivity index (χ0) is 12.9. The zero-order valence-electron chi connectivity index (χ0n) is 10.8. The summed E-state index contributed by atoms with van der Waals surface area (Å²) in [5.74, 6) is -0.768. The molecule has 0 saturated carbocycles. The van der Waals surface area contributed by atoms with Gasteiger partial charge in [0, 0.05) is 12.5 Å². The van der Waals surface area contributed by atoms with Gasteiger partial charge >= 0.3 is 5.97 Å². The molecule has 0 aliphatic rings. The van der Waals surface area contributed by atoms with Crippen molar-refractivity contribution in [1.82, 2.24) is 5.32 Å². The van der Waals surface area contributed by atoms with Crippen LogP contribution in [0.1, 0.15) is 47.5 Å². The quantitative estimate of drug-likeness (QED) is 0.732. The number of nitrogens with one attached hydrogen (secondary N) is 1. The van der Waals surface area contributed by atoms with Gasteiger partial charge in [-0.2, -0.15) is 0 Å². The summed E-state index contributed by atoms with van der Waals surface area (Å²) >= 11 is 0. The van der Waals surface area contributed by atoms with Crippen molar-refractivity contribution in [3.05, 3.63) is 0 Å². The number of carbonyl (C=O) groups is 2. The van der Waals surface area contributed by atoms with Gasteiger partial charge in [-0.1, -0.05) is 20.8 Å². The number of carboxylic acid groups (broad SMARTS) is 1. The number of carbonyl (C=O) groups excluding carboxylic acids is 1. The maximum atomic E-state index is 11.7. The first-order chi connectivity index (χ1) is 7.20. The van der Waals surface area contributed by atoms with Crippen molar-refractivity contribution in [1.29, 1.82) is 0 Å². The predicted molar refractivity (Wildman–Crippen MR) is 63.1 cm³/mol. The number of aliphatic carboxylic acids is 1. The molecule has 0 fully saturated rings. The van der Waals surface area contributed by atoms with Gasteiger partial charge in [-0.15, -0.1) is 0 Å². The van der Waals surface area contributed by atoms with Crippen LogP contribution >= 0.6 is 0 Å². The van der Waals surface area contributed by atoms with Crippen LogP contribution in [-0.2, 0) is 9.59 Å². The van der Waals surface area contributed by atoms with Gasteiger partial charge in [-0.25, -0.2) is 0 Å². The Morgan fingerprint density at radius 1 is 1.31 bits per heavy atom. The highest BCUT2D eigenvalue weighted by atomic mass is 16.4. The van der Waals surface area contributed by atoms with Crippen LogP contribution in [-0.4, -0.2) is 23.0 Å². The molecule has 4 nitrogen and oxygen atoms in total. The Labute approximate surface area is 97.4 Å². The van der Waals surface area contributed by atoms with Crippen LogP contribution in [0.5, 0.6) is 0 Å². The molecule has 1 atom stereocenters. The number of hydrogen-bond donors (Lipinski definition) is 2. The third-order valence-corrected chi connectivity index (χ3v) is 2.77. The summed E-state index contributed by atoms with van der Waals surface area (Å²) in [5.41, 5.74) is -1.00. The highest BCUT2D eigenvalue weighted by Crippen LogP contribution is 2.20. The second-order valence-corrected chi connectivity index (χ2v) is 5.19. The van der Waals surface area contributed by atoms with Crippen LogP contribution in [0.15, 0.2) is 0 Å². The zero-order valence-corrected chi connectivity index (χ0v) is 10.8. The fourth-order valence-electron chi connectivity index (χ4n) is 1.47. The third-order valence-electron chi connectivity index (χ3n) is 2.77. The summed E-state index contributed by atoms with van der Waals surface area (Å²) in [7, 11) is 0. The maximum Gasteiger partial charge on any atom is 0.309 e. The maximum absolute atomic E-state index is 11.7. The first kappa shape index (κ1) is 14.9. The molecule has 4 heteroatoms. The summed E-state index contributed by atoms with van der Waals surface area (Å²) in [4.78, 5) is 22.5. The third kappa shape index (κ3) is 4.64. The largest absolute Gasteiger partial charge is 0.481 e. The lowest BCUT2D eigenvalue weighted by molar-refractivity contribution is -0.149. The van der Waals surface area contributed by atoms with Gasteiger partial charge in [0.25, 0.3) is 0 Å². The molecule has 94 valence electrons. The van der Waals surface area contributed by atoms with Crippen molar-refractivity contribution in [2.24, 2.45) is 11.3 Å². The molecule has 2 N–H and O–H groups in total. The summed E-state index contributed by atoms with van der Waals surface area (Å²) < 4.78 is 0. The van der Waals surface area contributed by atoms with Gasteiger partial charge in [-0.05, 0) is 26.2 Å². The standard InChI is InChI=1S/C12H23NO3/c1-6-9(8(2)3)13-10(14)7-12(4,5)11(15)16/h8-9H,6-7H2,1-5H3,(H,13,14)(H,15,16). The van der Waals surface area contributed by atoms with Gasteiger partial charge in [0.05, 0.1) is 5.41 Å². The number of carboxylic acids is 1. The molecule has 1 unspecified atom stereocenters. The van der Waals surface area contributed by atoms with E-state index in [1.807, 2.05) is 20.8 Å². The second kappa shape index (κ2) is 5.87. The van der Waals surface area contributed by atoms with E-state index in [-0.39, 0.29) is 18.4 Å². The van der Waals surface area contributed by atoms with Crippen molar-refractivity contribution < 1.29 is 14.7 Å². The normalized spacial score (nSPS) is 13.6. The van der Waals surface area contributed by atoms with E-state index in [9.17, 15) is 9.59 Å². The number of rotatable bonds is 6. The van der Waals surface area contributed by atoms with Crippen LogP contribution in [0.4, 0.5) is 0 Å². The number of amides is 1. The minimum Gasteiger partial charge on any atom is -0.481 e. The summed E-state index contributed by atoms with van der Waals surface area (Å²) in [5, 5.41) is 11.8. The fourth-order valence-corrected chi connectivity index (χ4v) is 1.47. The molecule has 0 aromatic rings. The van der Waals surface area contributed by atoms with Crippen molar-refractivity contribution in [2.45, 2.75) is 53.5 Å². The molecule has 0 aromatic heterocycles. The minimum absolute atomic E-state index is 0.0194. The fraction of sp³-hybridized carbons (Fsp3) is 0.833. The highest BCUT2D eigenvalue weighted by Gasteiger charge is 2.30. The van der Waals surface area contributed by atoms with Crippen LogP contribution in [0, 0.1) is 11.3 Å². The smallest absolute Gasteiger partial charge is 0.309 e. The molecule has 0 heterocycles. The molecule has 0 rings (SSSR count). The molecule has 0 spiro atoms. The molecule has 0 aliphatic carbocycles. The molecule has 16 heavy (non-hydrogen) atoms. The SMILES string of the molecule is CCC(NC(=O)CC(C)(C)C(=O)O)C(C)C. The number of hydrogen-bond acceptors (Lipinski definition) is 2. The Balaban J connectivity index is 4.33. The van der Waals surface area contributed by atoms with Crippen molar-refractivity contribution >= 4 is 11.9 Å². The van der Waals surface area contributed by atoms with Crippen molar-refractivity contribution in [3.63, 3.8) is 0 Å². The molecular formula is C12H23NO3. The molecule has 0 saturated heterocycles. The molecule has 0 aromatic carbocycles. The summed E-state index contributed by atoms with van der Waals surface area (Å²) in [6, 6.07) is 0.122. The van der Waals surface area contributed by atoms with E-state index in [4.69, 9.17) is 5.11 Å². The highest BCUT2D eigenvalue weighted by molar-refractivity contribution is 5.84. The van der Waals surface area contributed by atoms with Gasteiger partial charge in [-0.3, -0.25) is 9.59 Å². The van der Waals surface area contributed by atoms with Gasteiger partial charge in [0.1, 0.15) is 0 Å². The Hall–Kier alpha value is -1.06.